The van der Waals surface area contributed by atoms with Crippen LogP contribution in [0.3, 0.4) is 0 Å². The molecular weight excluding hydrogens is 211 g/mol. The SMILES string of the molecule is Nc1cccc(OP(S)S)c1N. The molecule has 1 aromatic carbocycles. The van der Waals surface area contributed by atoms with E-state index >= 15 is 0 Å². The maximum atomic E-state index is 5.62. The van der Waals surface area contributed by atoms with Crippen LogP contribution in [0, 0.1) is 0 Å². The zero-order valence-electron chi connectivity index (χ0n) is 6.14. The molecule has 1 aromatic rings. The monoisotopic (exact) mass is 220 g/mol. The molecule has 0 bridgehead atoms. The second kappa shape index (κ2) is 4.12. The summed E-state index contributed by atoms with van der Waals surface area (Å²) in [5.41, 5.74) is 12.1. The lowest BCUT2D eigenvalue weighted by molar-refractivity contribution is 0.643. The van der Waals surface area contributed by atoms with Gasteiger partial charge in [0, 0.05) is 0 Å². The zero-order valence-corrected chi connectivity index (χ0v) is 8.82. The van der Waals surface area contributed by atoms with Crippen LogP contribution in [0.2, 0.25) is 0 Å². The molecule has 66 valence electrons. The molecule has 0 saturated heterocycles. The Kier molecular flexibility index (Phi) is 3.38. The van der Waals surface area contributed by atoms with E-state index in [1.54, 1.807) is 18.2 Å². The number of rotatable bonds is 2. The molecule has 4 N–H and O–H groups in total. The molecule has 1 rings (SSSR count). The molecule has 3 nitrogen and oxygen atoms in total. The summed E-state index contributed by atoms with van der Waals surface area (Å²) in [6, 6.07) is 5.20. The van der Waals surface area contributed by atoms with Gasteiger partial charge in [-0.05, 0) is 12.1 Å². The molecule has 0 aliphatic rings. The van der Waals surface area contributed by atoms with Gasteiger partial charge >= 0.3 is 0 Å². The van der Waals surface area contributed by atoms with Crippen LogP contribution in [0.25, 0.3) is 0 Å². The molecule has 0 amide bonds. The number of hydrogen-bond donors (Lipinski definition) is 4. The molecule has 0 unspecified atom stereocenters. The summed E-state index contributed by atoms with van der Waals surface area (Å²) >= 11 is 8.00. The Hall–Kier alpha value is -0.250. The van der Waals surface area contributed by atoms with Crippen LogP contribution in [-0.4, -0.2) is 0 Å². The second-order valence-corrected chi connectivity index (χ2v) is 5.92. The molecule has 0 radical (unpaired) electrons. The first-order valence-electron chi connectivity index (χ1n) is 3.11. The summed E-state index contributed by atoms with van der Waals surface area (Å²) in [4.78, 5) is 0. The number of nitrogens with two attached hydrogens (primary N) is 2. The highest BCUT2D eigenvalue weighted by Crippen LogP contribution is 2.48. The van der Waals surface area contributed by atoms with Crippen molar-refractivity contribution in [2.24, 2.45) is 0 Å². The van der Waals surface area contributed by atoms with E-state index in [0.29, 0.717) is 17.1 Å². The van der Waals surface area contributed by atoms with Gasteiger partial charge in [0.1, 0.15) is 0 Å². The molecule has 0 aliphatic carbocycles. The van der Waals surface area contributed by atoms with Crippen LogP contribution in [0.1, 0.15) is 0 Å². The fraction of sp³-hybridized carbons (Fsp3) is 0. The average molecular weight is 220 g/mol. The van der Waals surface area contributed by atoms with Gasteiger partial charge in [-0.15, -0.1) is 0 Å². The standard InChI is InChI=1S/C6H9N2OPS2/c7-4-2-1-3-5(6(4)8)9-10(11)12/h1-3,11-12H,7-8H2. The molecule has 0 spiro atoms. The molecule has 0 fully saturated rings. The number of thiol groups is 2. The fourth-order valence-electron chi connectivity index (χ4n) is 0.729. The van der Waals surface area contributed by atoms with Gasteiger partial charge in [0.05, 0.1) is 11.4 Å². The third kappa shape index (κ3) is 2.37. The summed E-state index contributed by atoms with van der Waals surface area (Å²) in [6.45, 7) is -1.05. The van der Waals surface area contributed by atoms with Gasteiger partial charge in [-0.2, -0.15) is 0 Å². The van der Waals surface area contributed by atoms with E-state index in [-0.39, 0.29) is 0 Å². The summed E-state index contributed by atoms with van der Waals surface area (Å²) in [5.74, 6) is 0.533. The molecule has 6 heteroatoms. The second-order valence-electron chi connectivity index (χ2n) is 2.10. The van der Waals surface area contributed by atoms with Gasteiger partial charge in [0.25, 0.3) is 0 Å². The minimum Gasteiger partial charge on any atom is -0.451 e. The number of anilines is 2. The highest BCUT2D eigenvalue weighted by atomic mass is 33.1. The van der Waals surface area contributed by atoms with Gasteiger partial charge in [-0.25, -0.2) is 0 Å². The van der Waals surface area contributed by atoms with Crippen molar-refractivity contribution in [2.45, 2.75) is 0 Å². The predicted octanol–water partition coefficient (Wildman–Crippen LogP) is 2.32. The third-order valence-corrected chi connectivity index (χ3v) is 2.13. The number of nitrogen functional groups attached to an aromatic ring is 2. The third-order valence-electron chi connectivity index (χ3n) is 1.28. The van der Waals surface area contributed by atoms with Crippen LogP contribution in [0.5, 0.6) is 5.75 Å². The van der Waals surface area contributed by atoms with Crippen molar-refractivity contribution < 1.29 is 4.52 Å². The number of benzene rings is 1. The van der Waals surface area contributed by atoms with Gasteiger partial charge in [0.2, 0.25) is 6.55 Å². The topological polar surface area (TPSA) is 61.3 Å². The summed E-state index contributed by atoms with van der Waals surface area (Å²) in [5, 5.41) is 0. The Labute approximate surface area is 82.6 Å². The van der Waals surface area contributed by atoms with E-state index in [1.807, 2.05) is 0 Å². The minimum absolute atomic E-state index is 0.438. The van der Waals surface area contributed by atoms with Gasteiger partial charge in [-0.1, -0.05) is 30.6 Å². The highest BCUT2D eigenvalue weighted by molar-refractivity contribution is 8.76. The van der Waals surface area contributed by atoms with Gasteiger partial charge in [0.15, 0.2) is 5.75 Å². The van der Waals surface area contributed by atoms with E-state index < -0.39 is 6.55 Å². The molecule has 12 heavy (non-hydrogen) atoms. The first kappa shape index (κ1) is 9.84. The molecular formula is C6H9N2OPS2. The molecule has 0 heterocycles. The van der Waals surface area contributed by atoms with Crippen molar-refractivity contribution in [1.29, 1.82) is 0 Å². The highest BCUT2D eigenvalue weighted by Gasteiger charge is 2.05. The van der Waals surface area contributed by atoms with Crippen molar-refractivity contribution in [2.75, 3.05) is 11.5 Å². The Bertz CT molecular complexity index is 282. The average Bonchev–Trinajstić information content (AvgIpc) is 1.98. The summed E-state index contributed by atoms with van der Waals surface area (Å²) in [6.07, 6.45) is 0. The lowest BCUT2D eigenvalue weighted by Crippen LogP contribution is -1.96. The Balaban J connectivity index is 2.92. The Morgan fingerprint density at radius 3 is 2.50 bits per heavy atom. The quantitative estimate of drug-likeness (QED) is 0.351. The Morgan fingerprint density at radius 1 is 1.25 bits per heavy atom. The van der Waals surface area contributed by atoms with Gasteiger partial charge < -0.3 is 16.0 Å². The molecule has 0 atom stereocenters. The van der Waals surface area contributed by atoms with E-state index in [2.05, 4.69) is 24.5 Å². The normalized spacial score (nSPS) is 10.2. The molecule has 0 aromatic heterocycles. The number of para-hydroxylation sites is 1. The van der Waals surface area contributed by atoms with E-state index in [0.717, 1.165) is 0 Å². The minimum atomic E-state index is -1.05. The van der Waals surface area contributed by atoms with Gasteiger partial charge in [-0.3, -0.25) is 0 Å². The zero-order chi connectivity index (χ0) is 9.14. The number of hydrogen-bond acceptors (Lipinski definition) is 5. The van der Waals surface area contributed by atoms with Crippen molar-refractivity contribution in [3.8, 4) is 5.75 Å². The van der Waals surface area contributed by atoms with Crippen LogP contribution >= 0.6 is 31.0 Å². The van der Waals surface area contributed by atoms with E-state index in [1.165, 1.54) is 0 Å². The lowest BCUT2D eigenvalue weighted by atomic mass is 10.2. The van der Waals surface area contributed by atoms with Crippen LogP contribution in [-0.2, 0) is 0 Å². The maximum Gasteiger partial charge on any atom is 0.203 e. The van der Waals surface area contributed by atoms with E-state index in [9.17, 15) is 0 Å². The summed E-state index contributed by atoms with van der Waals surface area (Å²) in [7, 11) is 0. The smallest absolute Gasteiger partial charge is 0.203 e. The van der Waals surface area contributed by atoms with E-state index in [4.69, 9.17) is 16.0 Å². The molecule has 0 aliphatic heterocycles. The first-order chi connectivity index (χ1) is 5.61. The largest absolute Gasteiger partial charge is 0.451 e. The Morgan fingerprint density at radius 2 is 1.92 bits per heavy atom. The van der Waals surface area contributed by atoms with Crippen LogP contribution in [0.4, 0.5) is 11.4 Å². The predicted molar refractivity (Wildman–Crippen MR) is 60.8 cm³/mol. The van der Waals surface area contributed by atoms with Crippen molar-refractivity contribution in [3.63, 3.8) is 0 Å². The van der Waals surface area contributed by atoms with Crippen LogP contribution in [0.15, 0.2) is 18.2 Å². The van der Waals surface area contributed by atoms with Crippen molar-refractivity contribution >= 4 is 42.4 Å². The fourth-order valence-corrected chi connectivity index (χ4v) is 1.59. The van der Waals surface area contributed by atoms with Crippen molar-refractivity contribution in [1.82, 2.24) is 0 Å². The maximum absolute atomic E-state index is 5.62. The van der Waals surface area contributed by atoms with Crippen LogP contribution < -0.4 is 16.0 Å². The van der Waals surface area contributed by atoms with Crippen molar-refractivity contribution in [3.05, 3.63) is 18.2 Å². The molecule has 0 saturated carbocycles. The first-order valence-corrected chi connectivity index (χ1v) is 6.67. The summed E-state index contributed by atoms with van der Waals surface area (Å²) < 4.78 is 5.21. The lowest BCUT2D eigenvalue weighted by Gasteiger charge is -2.10.